The van der Waals surface area contributed by atoms with Crippen LogP contribution in [0.2, 0.25) is 0 Å². The summed E-state index contributed by atoms with van der Waals surface area (Å²) in [5, 5.41) is 7.26. The van der Waals surface area contributed by atoms with E-state index in [1.807, 2.05) is 63.8 Å². The van der Waals surface area contributed by atoms with E-state index in [1.165, 1.54) is 0 Å². The van der Waals surface area contributed by atoms with Crippen LogP contribution in [-0.4, -0.2) is 15.7 Å². The number of aromatic nitrogens is 2. The summed E-state index contributed by atoms with van der Waals surface area (Å²) in [7, 11) is 1.90. The molecule has 0 saturated carbocycles. The lowest BCUT2D eigenvalue weighted by atomic mass is 10.0. The summed E-state index contributed by atoms with van der Waals surface area (Å²) in [5.74, 6) is -0.0399. The van der Waals surface area contributed by atoms with Gasteiger partial charge in [-0.15, -0.1) is 0 Å². The lowest BCUT2D eigenvalue weighted by Crippen LogP contribution is -2.27. The maximum absolute atomic E-state index is 12.4. The summed E-state index contributed by atoms with van der Waals surface area (Å²) in [6, 6.07) is 5.86. The van der Waals surface area contributed by atoms with Gasteiger partial charge < -0.3 is 5.32 Å². The molecular formula is C16H21N3O. The zero-order valence-electron chi connectivity index (χ0n) is 12.7. The van der Waals surface area contributed by atoms with Gasteiger partial charge in [-0.3, -0.25) is 9.48 Å². The number of carbonyl (C=O) groups excluding carboxylic acids is 1. The maximum Gasteiger partial charge on any atom is 0.252 e. The van der Waals surface area contributed by atoms with Gasteiger partial charge in [-0.2, -0.15) is 5.10 Å². The number of nitrogens with zero attached hydrogens (tertiary/aromatic N) is 2. The van der Waals surface area contributed by atoms with E-state index in [4.69, 9.17) is 0 Å². The van der Waals surface area contributed by atoms with Crippen molar-refractivity contribution < 1.29 is 4.79 Å². The number of rotatable bonds is 3. The molecule has 2 aromatic rings. The van der Waals surface area contributed by atoms with E-state index in [0.29, 0.717) is 0 Å². The largest absolute Gasteiger partial charge is 0.345 e. The van der Waals surface area contributed by atoms with E-state index < -0.39 is 0 Å². The minimum absolute atomic E-state index is 0.0399. The first-order valence-corrected chi connectivity index (χ1v) is 6.76. The minimum atomic E-state index is -0.0592. The van der Waals surface area contributed by atoms with Crippen LogP contribution in [0.5, 0.6) is 0 Å². The molecule has 1 atom stereocenters. The SMILES string of the molecule is Cc1ccc(C)c(C(=O)NC(C)c2cnn(C)c2C)c1. The van der Waals surface area contributed by atoms with Crippen molar-refractivity contribution in [1.29, 1.82) is 0 Å². The Morgan fingerprint density at radius 1 is 1.30 bits per heavy atom. The molecule has 4 nitrogen and oxygen atoms in total. The maximum atomic E-state index is 12.4. The molecule has 4 heteroatoms. The van der Waals surface area contributed by atoms with Crippen LogP contribution in [0.4, 0.5) is 0 Å². The second-order valence-electron chi connectivity index (χ2n) is 5.32. The molecule has 0 radical (unpaired) electrons. The first-order valence-electron chi connectivity index (χ1n) is 6.76. The zero-order chi connectivity index (χ0) is 14.9. The number of hydrogen-bond donors (Lipinski definition) is 1. The Morgan fingerprint density at radius 2 is 2.00 bits per heavy atom. The number of amides is 1. The van der Waals surface area contributed by atoms with E-state index >= 15 is 0 Å². The molecule has 106 valence electrons. The predicted octanol–water partition coefficient (Wildman–Crippen LogP) is 2.84. The average molecular weight is 271 g/mol. The molecule has 0 spiro atoms. The Bertz CT molecular complexity index is 643. The molecule has 0 aliphatic carbocycles. The third kappa shape index (κ3) is 2.74. The van der Waals surface area contributed by atoms with Crippen molar-refractivity contribution in [2.24, 2.45) is 7.05 Å². The molecule has 1 N–H and O–H groups in total. The van der Waals surface area contributed by atoms with Crippen molar-refractivity contribution in [1.82, 2.24) is 15.1 Å². The molecule has 0 saturated heterocycles. The lowest BCUT2D eigenvalue weighted by Gasteiger charge is -2.15. The third-order valence-corrected chi connectivity index (χ3v) is 3.73. The molecule has 2 rings (SSSR count). The van der Waals surface area contributed by atoms with Crippen LogP contribution < -0.4 is 5.32 Å². The van der Waals surface area contributed by atoms with Crippen molar-refractivity contribution in [3.05, 3.63) is 52.3 Å². The highest BCUT2D eigenvalue weighted by molar-refractivity contribution is 5.96. The molecule has 1 unspecified atom stereocenters. The Kier molecular flexibility index (Phi) is 3.93. The quantitative estimate of drug-likeness (QED) is 0.933. The molecule has 0 aliphatic heterocycles. The monoisotopic (exact) mass is 271 g/mol. The Labute approximate surface area is 119 Å². The molecule has 0 fully saturated rings. The molecule has 1 aromatic carbocycles. The summed E-state index contributed by atoms with van der Waals surface area (Å²) in [4.78, 5) is 12.4. The molecule has 20 heavy (non-hydrogen) atoms. The number of aryl methyl sites for hydroxylation is 3. The fourth-order valence-corrected chi connectivity index (χ4v) is 2.27. The summed E-state index contributed by atoms with van der Waals surface area (Å²) >= 11 is 0. The van der Waals surface area contributed by atoms with E-state index in [0.717, 1.165) is 27.9 Å². The molecular weight excluding hydrogens is 250 g/mol. The van der Waals surface area contributed by atoms with Crippen LogP contribution in [0.3, 0.4) is 0 Å². The highest BCUT2D eigenvalue weighted by Gasteiger charge is 2.16. The van der Waals surface area contributed by atoms with E-state index in [1.54, 1.807) is 0 Å². The normalized spacial score (nSPS) is 12.2. The van der Waals surface area contributed by atoms with Gasteiger partial charge >= 0.3 is 0 Å². The van der Waals surface area contributed by atoms with Gasteiger partial charge in [0.1, 0.15) is 0 Å². The molecule has 1 amide bonds. The van der Waals surface area contributed by atoms with E-state index in [-0.39, 0.29) is 11.9 Å². The Balaban J connectivity index is 2.19. The number of hydrogen-bond acceptors (Lipinski definition) is 2. The van der Waals surface area contributed by atoms with Gasteiger partial charge in [0.2, 0.25) is 0 Å². The van der Waals surface area contributed by atoms with Crippen LogP contribution in [0.25, 0.3) is 0 Å². The second-order valence-corrected chi connectivity index (χ2v) is 5.32. The fraction of sp³-hybridized carbons (Fsp3) is 0.375. The van der Waals surface area contributed by atoms with Crippen LogP contribution in [-0.2, 0) is 7.05 Å². The smallest absolute Gasteiger partial charge is 0.252 e. The molecule has 1 aromatic heterocycles. The highest BCUT2D eigenvalue weighted by atomic mass is 16.1. The Morgan fingerprint density at radius 3 is 2.60 bits per heavy atom. The number of nitrogens with one attached hydrogen (secondary N) is 1. The van der Waals surface area contributed by atoms with Crippen LogP contribution >= 0.6 is 0 Å². The topological polar surface area (TPSA) is 46.9 Å². The first-order chi connectivity index (χ1) is 9.40. The van der Waals surface area contributed by atoms with E-state index in [2.05, 4.69) is 10.4 Å². The summed E-state index contributed by atoms with van der Waals surface area (Å²) in [5.41, 5.74) is 4.93. The van der Waals surface area contributed by atoms with Crippen molar-refractivity contribution in [3.8, 4) is 0 Å². The van der Waals surface area contributed by atoms with Crippen molar-refractivity contribution in [3.63, 3.8) is 0 Å². The molecule has 1 heterocycles. The van der Waals surface area contributed by atoms with Gasteiger partial charge in [0.05, 0.1) is 12.2 Å². The summed E-state index contributed by atoms with van der Waals surface area (Å²) in [6.45, 7) is 7.93. The van der Waals surface area contributed by atoms with Gasteiger partial charge in [0, 0.05) is 23.9 Å². The van der Waals surface area contributed by atoms with Gasteiger partial charge in [0.15, 0.2) is 0 Å². The third-order valence-electron chi connectivity index (χ3n) is 3.73. The lowest BCUT2D eigenvalue weighted by molar-refractivity contribution is 0.0939. The fourth-order valence-electron chi connectivity index (χ4n) is 2.27. The van der Waals surface area contributed by atoms with Gasteiger partial charge in [-0.25, -0.2) is 0 Å². The first kappa shape index (κ1) is 14.3. The van der Waals surface area contributed by atoms with E-state index in [9.17, 15) is 4.79 Å². The molecule has 0 aliphatic rings. The predicted molar refractivity (Wildman–Crippen MR) is 79.7 cm³/mol. The van der Waals surface area contributed by atoms with Gasteiger partial charge in [0.25, 0.3) is 5.91 Å². The van der Waals surface area contributed by atoms with Crippen LogP contribution in [0, 0.1) is 20.8 Å². The van der Waals surface area contributed by atoms with Gasteiger partial charge in [-0.1, -0.05) is 17.7 Å². The van der Waals surface area contributed by atoms with Crippen molar-refractivity contribution in [2.75, 3.05) is 0 Å². The Hall–Kier alpha value is -2.10. The van der Waals surface area contributed by atoms with Crippen molar-refractivity contribution in [2.45, 2.75) is 33.7 Å². The zero-order valence-corrected chi connectivity index (χ0v) is 12.7. The minimum Gasteiger partial charge on any atom is -0.345 e. The highest BCUT2D eigenvalue weighted by Crippen LogP contribution is 2.18. The average Bonchev–Trinajstić information content (AvgIpc) is 2.73. The molecule has 0 bridgehead atoms. The summed E-state index contributed by atoms with van der Waals surface area (Å²) < 4.78 is 1.82. The standard InChI is InChI=1S/C16H21N3O/c1-10-6-7-11(2)14(8-10)16(20)18-12(3)15-9-17-19(5)13(15)4/h6-9,12H,1-5H3,(H,18,20). The second kappa shape index (κ2) is 5.49. The van der Waals surface area contributed by atoms with Crippen LogP contribution in [0.1, 0.15) is 45.7 Å². The number of carbonyl (C=O) groups is 1. The van der Waals surface area contributed by atoms with Crippen LogP contribution in [0.15, 0.2) is 24.4 Å². The van der Waals surface area contributed by atoms with Crippen molar-refractivity contribution >= 4 is 5.91 Å². The van der Waals surface area contributed by atoms with Gasteiger partial charge in [-0.05, 0) is 39.3 Å². The summed E-state index contributed by atoms with van der Waals surface area (Å²) in [6.07, 6.45) is 1.81. The number of benzene rings is 1.